The standard InChI is InChI=1S/C16H23N3O4.ClH/c1-22-14-4-2-12(3-5-14)16(21)19-7-6-18-15(20)10-13-11-23-9-8-17-13;/h2-5,13,17H,6-11H2,1H3,(H,18,20)(H,19,21);1H. The van der Waals surface area contributed by atoms with Crippen LogP contribution in [0.1, 0.15) is 16.8 Å². The summed E-state index contributed by atoms with van der Waals surface area (Å²) in [6.07, 6.45) is 0.381. The Morgan fingerprint density at radius 1 is 1.25 bits per heavy atom. The fourth-order valence-corrected chi connectivity index (χ4v) is 2.27. The summed E-state index contributed by atoms with van der Waals surface area (Å²) in [6.45, 7) is 2.80. The van der Waals surface area contributed by atoms with Gasteiger partial charge in [-0.25, -0.2) is 0 Å². The van der Waals surface area contributed by atoms with Crippen LogP contribution in [0.3, 0.4) is 0 Å². The van der Waals surface area contributed by atoms with Gasteiger partial charge in [0.1, 0.15) is 5.75 Å². The molecule has 2 amide bonds. The summed E-state index contributed by atoms with van der Waals surface area (Å²) in [6, 6.07) is 6.92. The number of hydrogen-bond acceptors (Lipinski definition) is 5. The number of methoxy groups -OCH3 is 1. The van der Waals surface area contributed by atoms with Crippen LogP contribution in [-0.2, 0) is 9.53 Å². The molecule has 24 heavy (non-hydrogen) atoms. The first-order chi connectivity index (χ1) is 11.2. The second-order valence-electron chi connectivity index (χ2n) is 5.26. The van der Waals surface area contributed by atoms with E-state index in [-0.39, 0.29) is 30.3 Å². The molecule has 1 aliphatic heterocycles. The molecular formula is C16H24ClN3O4. The lowest BCUT2D eigenvalue weighted by atomic mass is 10.2. The van der Waals surface area contributed by atoms with Crippen LogP contribution in [0.25, 0.3) is 0 Å². The van der Waals surface area contributed by atoms with Gasteiger partial charge in [-0.1, -0.05) is 0 Å². The first kappa shape index (κ1) is 20.2. The molecule has 1 fully saturated rings. The van der Waals surface area contributed by atoms with Gasteiger partial charge in [-0.05, 0) is 24.3 Å². The van der Waals surface area contributed by atoms with Crippen molar-refractivity contribution in [1.29, 1.82) is 0 Å². The number of morpholine rings is 1. The normalized spacial score (nSPS) is 16.6. The molecule has 0 saturated carbocycles. The van der Waals surface area contributed by atoms with Crippen molar-refractivity contribution < 1.29 is 19.1 Å². The van der Waals surface area contributed by atoms with Crippen molar-refractivity contribution in [3.05, 3.63) is 29.8 Å². The first-order valence-electron chi connectivity index (χ1n) is 7.69. The largest absolute Gasteiger partial charge is 0.497 e. The fourth-order valence-electron chi connectivity index (χ4n) is 2.27. The molecule has 8 heteroatoms. The molecule has 0 radical (unpaired) electrons. The van der Waals surface area contributed by atoms with Crippen LogP contribution in [0.4, 0.5) is 0 Å². The monoisotopic (exact) mass is 357 g/mol. The Kier molecular flexibility index (Phi) is 9.14. The van der Waals surface area contributed by atoms with Crippen LogP contribution in [-0.4, -0.2) is 57.8 Å². The molecule has 1 saturated heterocycles. The Morgan fingerprint density at radius 2 is 1.96 bits per heavy atom. The summed E-state index contributed by atoms with van der Waals surface area (Å²) in [5, 5.41) is 8.77. The van der Waals surface area contributed by atoms with Crippen LogP contribution >= 0.6 is 12.4 Å². The second-order valence-corrected chi connectivity index (χ2v) is 5.26. The molecule has 1 aromatic rings. The number of carbonyl (C=O) groups excluding carboxylic acids is 2. The molecular weight excluding hydrogens is 334 g/mol. The summed E-state index contributed by atoms with van der Waals surface area (Å²) in [4.78, 5) is 23.7. The van der Waals surface area contributed by atoms with Gasteiger partial charge in [0.15, 0.2) is 0 Å². The SMILES string of the molecule is COc1ccc(C(=O)NCCNC(=O)CC2COCCN2)cc1.Cl. The Bertz CT molecular complexity index is 519. The number of hydrogen-bond donors (Lipinski definition) is 3. The van der Waals surface area contributed by atoms with E-state index in [2.05, 4.69) is 16.0 Å². The molecule has 2 rings (SSSR count). The highest BCUT2D eigenvalue weighted by molar-refractivity contribution is 5.94. The van der Waals surface area contributed by atoms with Crippen LogP contribution in [0, 0.1) is 0 Å². The number of benzene rings is 1. The van der Waals surface area contributed by atoms with Crippen LogP contribution < -0.4 is 20.7 Å². The van der Waals surface area contributed by atoms with Crippen LogP contribution in [0.2, 0.25) is 0 Å². The minimum absolute atomic E-state index is 0. The highest BCUT2D eigenvalue weighted by atomic mass is 35.5. The van der Waals surface area contributed by atoms with E-state index < -0.39 is 0 Å². The Balaban J connectivity index is 0.00000288. The highest BCUT2D eigenvalue weighted by Gasteiger charge is 2.16. The summed E-state index contributed by atoms with van der Waals surface area (Å²) in [7, 11) is 1.58. The number of rotatable bonds is 7. The van der Waals surface area contributed by atoms with E-state index in [0.29, 0.717) is 44.0 Å². The van der Waals surface area contributed by atoms with E-state index in [1.807, 2.05) is 0 Å². The van der Waals surface area contributed by atoms with Gasteiger partial charge < -0.3 is 25.4 Å². The minimum Gasteiger partial charge on any atom is -0.497 e. The summed E-state index contributed by atoms with van der Waals surface area (Å²) in [5.74, 6) is 0.477. The third kappa shape index (κ3) is 6.74. The Hall–Kier alpha value is -1.83. The van der Waals surface area contributed by atoms with E-state index in [0.717, 1.165) is 6.54 Å². The molecule has 1 unspecified atom stereocenters. The molecule has 1 aliphatic rings. The lowest BCUT2D eigenvalue weighted by Gasteiger charge is -2.23. The molecule has 0 aromatic heterocycles. The van der Waals surface area contributed by atoms with Crippen LogP contribution in [0.5, 0.6) is 5.75 Å². The van der Waals surface area contributed by atoms with E-state index in [4.69, 9.17) is 9.47 Å². The highest BCUT2D eigenvalue weighted by Crippen LogP contribution is 2.10. The third-order valence-electron chi connectivity index (χ3n) is 3.52. The van der Waals surface area contributed by atoms with Crippen molar-refractivity contribution in [3.63, 3.8) is 0 Å². The molecule has 1 heterocycles. The average molecular weight is 358 g/mol. The number of ether oxygens (including phenoxy) is 2. The van der Waals surface area contributed by atoms with Gasteiger partial charge in [-0.15, -0.1) is 12.4 Å². The first-order valence-corrected chi connectivity index (χ1v) is 7.69. The van der Waals surface area contributed by atoms with E-state index in [9.17, 15) is 9.59 Å². The van der Waals surface area contributed by atoms with Crippen molar-refractivity contribution in [2.75, 3.05) is 40.0 Å². The van der Waals surface area contributed by atoms with Gasteiger partial charge in [0, 0.05) is 37.7 Å². The van der Waals surface area contributed by atoms with Crippen molar-refractivity contribution in [1.82, 2.24) is 16.0 Å². The van der Waals surface area contributed by atoms with E-state index in [1.54, 1.807) is 31.4 Å². The topological polar surface area (TPSA) is 88.7 Å². The van der Waals surface area contributed by atoms with Gasteiger partial charge in [-0.2, -0.15) is 0 Å². The maximum absolute atomic E-state index is 11.9. The van der Waals surface area contributed by atoms with Gasteiger partial charge in [0.25, 0.3) is 5.91 Å². The molecule has 3 N–H and O–H groups in total. The lowest BCUT2D eigenvalue weighted by molar-refractivity contribution is -0.122. The molecule has 1 aromatic carbocycles. The molecule has 0 spiro atoms. The van der Waals surface area contributed by atoms with Crippen molar-refractivity contribution in [3.8, 4) is 5.75 Å². The van der Waals surface area contributed by atoms with E-state index in [1.165, 1.54) is 0 Å². The predicted molar refractivity (Wildman–Crippen MR) is 92.8 cm³/mol. The van der Waals surface area contributed by atoms with E-state index >= 15 is 0 Å². The number of carbonyl (C=O) groups is 2. The molecule has 0 aliphatic carbocycles. The zero-order chi connectivity index (χ0) is 16.5. The zero-order valence-electron chi connectivity index (χ0n) is 13.7. The quantitative estimate of drug-likeness (QED) is 0.612. The predicted octanol–water partition coefficient (Wildman–Crippen LogP) is 0.342. The number of nitrogens with one attached hydrogen (secondary N) is 3. The molecule has 134 valence electrons. The maximum Gasteiger partial charge on any atom is 0.251 e. The van der Waals surface area contributed by atoms with Crippen molar-refractivity contribution in [2.24, 2.45) is 0 Å². The van der Waals surface area contributed by atoms with Crippen molar-refractivity contribution >= 4 is 24.2 Å². The molecule has 0 bridgehead atoms. The third-order valence-corrected chi connectivity index (χ3v) is 3.52. The zero-order valence-corrected chi connectivity index (χ0v) is 14.5. The van der Waals surface area contributed by atoms with Gasteiger partial charge in [0.05, 0.1) is 20.3 Å². The fraction of sp³-hybridized carbons (Fsp3) is 0.500. The maximum atomic E-state index is 11.9. The Morgan fingerprint density at radius 3 is 2.58 bits per heavy atom. The summed E-state index contributed by atoms with van der Waals surface area (Å²) >= 11 is 0. The van der Waals surface area contributed by atoms with Gasteiger partial charge in [0.2, 0.25) is 5.91 Å². The van der Waals surface area contributed by atoms with Crippen molar-refractivity contribution in [2.45, 2.75) is 12.5 Å². The minimum atomic E-state index is -0.177. The van der Waals surface area contributed by atoms with Gasteiger partial charge >= 0.3 is 0 Å². The molecule has 7 nitrogen and oxygen atoms in total. The smallest absolute Gasteiger partial charge is 0.251 e. The average Bonchev–Trinajstić information content (AvgIpc) is 2.59. The second kappa shape index (κ2) is 10.9. The number of halogens is 1. The van der Waals surface area contributed by atoms with Crippen LogP contribution in [0.15, 0.2) is 24.3 Å². The summed E-state index contributed by atoms with van der Waals surface area (Å²) in [5.41, 5.74) is 0.556. The Labute approximate surface area is 147 Å². The summed E-state index contributed by atoms with van der Waals surface area (Å²) < 4.78 is 10.3. The molecule has 1 atom stereocenters. The number of amides is 2. The van der Waals surface area contributed by atoms with Gasteiger partial charge in [-0.3, -0.25) is 9.59 Å². The lowest BCUT2D eigenvalue weighted by Crippen LogP contribution is -2.45.